The van der Waals surface area contributed by atoms with Gasteiger partial charge in [0, 0.05) is 12.2 Å². The summed E-state index contributed by atoms with van der Waals surface area (Å²) in [5, 5.41) is 16.9. The molecular weight excluding hydrogens is 444 g/mol. The lowest BCUT2D eigenvalue weighted by atomic mass is 10.0. The minimum atomic E-state index is -0.845. The van der Waals surface area contributed by atoms with E-state index in [9.17, 15) is 4.79 Å². The largest absolute Gasteiger partial charge is 0.478 e. The second-order valence-electron chi connectivity index (χ2n) is 10.8. The molecule has 3 nitrogen and oxygen atoms in total. The van der Waals surface area contributed by atoms with Crippen molar-refractivity contribution in [3.05, 3.63) is 11.6 Å². The van der Waals surface area contributed by atoms with E-state index in [2.05, 4.69) is 6.92 Å². The highest BCUT2D eigenvalue weighted by Crippen LogP contribution is 2.15. The first-order chi connectivity index (χ1) is 17.6. The lowest BCUT2D eigenvalue weighted by molar-refractivity contribution is -0.132. The number of rotatable bonds is 27. The smallest absolute Gasteiger partial charge is 0.330 e. The summed E-state index contributed by atoms with van der Waals surface area (Å²) >= 11 is 0. The normalized spacial score (nSPS) is 11.4. The lowest BCUT2D eigenvalue weighted by Crippen LogP contribution is -1.93. The second kappa shape index (κ2) is 34.2. The Kier molecular flexibility index (Phi) is 35.4. The Morgan fingerprint density at radius 2 is 0.722 bits per heavy atom. The van der Waals surface area contributed by atoms with Crippen molar-refractivity contribution in [1.82, 2.24) is 0 Å². The summed E-state index contributed by atoms with van der Waals surface area (Å²) in [5.74, 6) is -0.845. The maximum atomic E-state index is 9.86. The van der Waals surface area contributed by atoms with E-state index in [1.54, 1.807) is 19.9 Å². The molecule has 0 aromatic heterocycles. The SMILES string of the molecule is CC=C(C)C(=O)O.CCCCCCCCCCCCCCCCCCCCCCCCCCCCO. The van der Waals surface area contributed by atoms with Crippen LogP contribution in [0.5, 0.6) is 0 Å². The fourth-order valence-electron chi connectivity index (χ4n) is 4.55. The molecule has 0 aromatic carbocycles. The van der Waals surface area contributed by atoms with E-state index in [0.717, 1.165) is 6.42 Å². The Bertz CT molecular complexity index is 418. The summed E-state index contributed by atoms with van der Waals surface area (Å²) in [6.45, 7) is 5.93. The Balaban J connectivity index is 0. The summed E-state index contributed by atoms with van der Waals surface area (Å²) in [7, 11) is 0. The molecule has 0 atom stereocenters. The molecule has 0 saturated heterocycles. The van der Waals surface area contributed by atoms with Crippen molar-refractivity contribution in [3.63, 3.8) is 0 Å². The highest BCUT2D eigenvalue weighted by atomic mass is 16.4. The summed E-state index contributed by atoms with van der Waals surface area (Å²) in [6.07, 6.45) is 38.6. The summed E-state index contributed by atoms with van der Waals surface area (Å²) in [4.78, 5) is 9.86. The van der Waals surface area contributed by atoms with Crippen LogP contribution in [0.2, 0.25) is 0 Å². The fraction of sp³-hybridized carbons (Fsp3) is 0.909. The van der Waals surface area contributed by atoms with Gasteiger partial charge in [0.15, 0.2) is 0 Å². The van der Waals surface area contributed by atoms with Gasteiger partial charge in [-0.3, -0.25) is 0 Å². The molecule has 0 fully saturated rings. The lowest BCUT2D eigenvalue weighted by Gasteiger charge is -2.04. The Labute approximate surface area is 226 Å². The van der Waals surface area contributed by atoms with Gasteiger partial charge in [-0.1, -0.05) is 174 Å². The number of aliphatic hydroxyl groups is 1. The highest BCUT2D eigenvalue weighted by molar-refractivity contribution is 5.85. The molecule has 0 aromatic rings. The van der Waals surface area contributed by atoms with E-state index < -0.39 is 5.97 Å². The topological polar surface area (TPSA) is 57.5 Å². The van der Waals surface area contributed by atoms with Crippen molar-refractivity contribution in [2.24, 2.45) is 0 Å². The molecule has 0 rings (SSSR count). The van der Waals surface area contributed by atoms with Crippen LogP contribution in [0.1, 0.15) is 188 Å². The van der Waals surface area contributed by atoms with Gasteiger partial charge in [-0.25, -0.2) is 4.79 Å². The number of allylic oxidation sites excluding steroid dienone is 1. The van der Waals surface area contributed by atoms with Gasteiger partial charge in [-0.2, -0.15) is 0 Å². The summed E-state index contributed by atoms with van der Waals surface area (Å²) in [5.41, 5.74) is 0.389. The molecular formula is C33H66O3. The molecule has 0 radical (unpaired) electrons. The number of carboxylic acid groups (broad SMARTS) is 1. The predicted octanol–water partition coefficient (Wildman–Crippen LogP) is 11.2. The number of carbonyl (C=O) groups is 1. The number of hydrogen-bond donors (Lipinski definition) is 2. The predicted molar refractivity (Wildman–Crippen MR) is 160 cm³/mol. The summed E-state index contributed by atoms with van der Waals surface area (Å²) in [6, 6.07) is 0. The number of hydrogen-bond acceptors (Lipinski definition) is 2. The molecule has 0 aliphatic carbocycles. The average molecular weight is 511 g/mol. The Morgan fingerprint density at radius 1 is 0.500 bits per heavy atom. The van der Waals surface area contributed by atoms with Crippen molar-refractivity contribution >= 4 is 5.97 Å². The molecule has 2 N–H and O–H groups in total. The van der Waals surface area contributed by atoms with E-state index >= 15 is 0 Å². The molecule has 3 heteroatoms. The number of aliphatic carboxylic acids is 1. The zero-order valence-corrected chi connectivity index (χ0v) is 25.0. The monoisotopic (exact) mass is 511 g/mol. The molecule has 36 heavy (non-hydrogen) atoms. The maximum Gasteiger partial charge on any atom is 0.330 e. The molecule has 0 bridgehead atoms. The van der Waals surface area contributed by atoms with Crippen LogP contribution >= 0.6 is 0 Å². The zero-order chi connectivity index (χ0) is 27.0. The summed E-state index contributed by atoms with van der Waals surface area (Å²) < 4.78 is 0. The van der Waals surface area contributed by atoms with Gasteiger partial charge in [0.05, 0.1) is 0 Å². The van der Waals surface area contributed by atoms with Crippen LogP contribution in [0.4, 0.5) is 0 Å². The van der Waals surface area contributed by atoms with Crippen LogP contribution in [-0.4, -0.2) is 22.8 Å². The van der Waals surface area contributed by atoms with Gasteiger partial charge in [-0.05, 0) is 20.3 Å². The van der Waals surface area contributed by atoms with Gasteiger partial charge in [0.2, 0.25) is 0 Å². The van der Waals surface area contributed by atoms with E-state index in [0.29, 0.717) is 12.2 Å². The van der Waals surface area contributed by atoms with E-state index in [1.807, 2.05) is 0 Å². The van der Waals surface area contributed by atoms with Crippen LogP contribution < -0.4 is 0 Å². The third-order valence-corrected chi connectivity index (χ3v) is 7.28. The van der Waals surface area contributed by atoms with E-state index in [-0.39, 0.29) is 0 Å². The minimum Gasteiger partial charge on any atom is -0.478 e. The number of carboxylic acids is 1. The molecule has 0 amide bonds. The van der Waals surface area contributed by atoms with Gasteiger partial charge in [0.1, 0.15) is 0 Å². The standard InChI is InChI=1S/C28H58O.C5H8O2/c1-2-3-4-5-6-7-8-9-10-11-12-13-14-15-16-17-18-19-20-21-22-23-24-25-26-27-28-29;1-3-4(2)5(6)7/h29H,2-28H2,1H3;3H,1-2H3,(H,6,7). The van der Waals surface area contributed by atoms with E-state index in [4.69, 9.17) is 10.2 Å². The van der Waals surface area contributed by atoms with Gasteiger partial charge in [0.25, 0.3) is 0 Å². The minimum absolute atomic E-state index is 0.374. The van der Waals surface area contributed by atoms with Crippen molar-refractivity contribution in [3.8, 4) is 0 Å². The zero-order valence-electron chi connectivity index (χ0n) is 25.0. The first-order valence-corrected chi connectivity index (χ1v) is 16.1. The first-order valence-electron chi connectivity index (χ1n) is 16.1. The third kappa shape index (κ3) is 35.3. The molecule has 0 spiro atoms. The maximum absolute atomic E-state index is 9.86. The van der Waals surface area contributed by atoms with Gasteiger partial charge >= 0.3 is 5.97 Å². The molecule has 216 valence electrons. The first kappa shape index (κ1) is 37.3. The third-order valence-electron chi connectivity index (χ3n) is 7.28. The van der Waals surface area contributed by atoms with Gasteiger partial charge < -0.3 is 10.2 Å². The molecule has 0 aliphatic rings. The van der Waals surface area contributed by atoms with Crippen molar-refractivity contribution in [2.75, 3.05) is 6.61 Å². The average Bonchev–Trinajstić information content (AvgIpc) is 2.88. The van der Waals surface area contributed by atoms with Crippen molar-refractivity contribution in [2.45, 2.75) is 188 Å². The molecule has 0 unspecified atom stereocenters. The molecule has 0 aliphatic heterocycles. The van der Waals surface area contributed by atoms with Crippen molar-refractivity contribution < 1.29 is 15.0 Å². The fourth-order valence-corrected chi connectivity index (χ4v) is 4.55. The van der Waals surface area contributed by atoms with Crippen LogP contribution in [0.15, 0.2) is 11.6 Å². The van der Waals surface area contributed by atoms with Crippen LogP contribution in [0.25, 0.3) is 0 Å². The van der Waals surface area contributed by atoms with Crippen LogP contribution in [-0.2, 0) is 4.79 Å². The van der Waals surface area contributed by atoms with Crippen LogP contribution in [0.3, 0.4) is 0 Å². The van der Waals surface area contributed by atoms with Crippen LogP contribution in [0, 0.1) is 0 Å². The van der Waals surface area contributed by atoms with Gasteiger partial charge in [-0.15, -0.1) is 0 Å². The Morgan fingerprint density at radius 3 is 0.861 bits per heavy atom. The van der Waals surface area contributed by atoms with Crippen molar-refractivity contribution in [1.29, 1.82) is 0 Å². The number of unbranched alkanes of at least 4 members (excludes halogenated alkanes) is 25. The second-order valence-corrected chi connectivity index (χ2v) is 10.8. The number of aliphatic hydroxyl groups excluding tert-OH is 1. The van der Waals surface area contributed by atoms with E-state index in [1.165, 1.54) is 161 Å². The quantitative estimate of drug-likeness (QED) is 0.0853. The molecule has 0 heterocycles. The highest BCUT2D eigenvalue weighted by Gasteiger charge is 1.96. The Hall–Kier alpha value is -0.830. The molecule has 0 saturated carbocycles.